The summed E-state index contributed by atoms with van der Waals surface area (Å²) in [6.45, 7) is -0.505. The molecule has 35 heavy (non-hydrogen) atoms. The van der Waals surface area contributed by atoms with Crippen LogP contribution < -0.4 is 9.47 Å². The summed E-state index contributed by atoms with van der Waals surface area (Å²) >= 11 is 3.16. The maximum absolute atomic E-state index is 13.1. The first-order valence-electron chi connectivity index (χ1n) is 10.8. The molecule has 0 saturated carbocycles. The molecule has 0 unspecified atom stereocenters. The Bertz CT molecular complexity index is 1560. The van der Waals surface area contributed by atoms with E-state index in [-0.39, 0.29) is 5.78 Å². The van der Waals surface area contributed by atoms with Gasteiger partial charge < -0.3 is 14.6 Å². The van der Waals surface area contributed by atoms with Crippen LogP contribution in [0.15, 0.2) is 78.2 Å². The van der Waals surface area contributed by atoms with Crippen molar-refractivity contribution in [1.82, 2.24) is 0 Å². The molecule has 0 amide bonds. The summed E-state index contributed by atoms with van der Waals surface area (Å²) in [5.41, 5.74) is 2.05. The van der Waals surface area contributed by atoms with Gasteiger partial charge in [0, 0.05) is 37.0 Å². The smallest absolute Gasteiger partial charge is 0.341 e. The first-order valence-corrected chi connectivity index (χ1v) is 12.5. The number of thiophene rings is 2. The molecule has 0 spiro atoms. The van der Waals surface area contributed by atoms with E-state index in [1.54, 1.807) is 30.6 Å². The van der Waals surface area contributed by atoms with Crippen LogP contribution in [0.5, 0.6) is 11.5 Å². The van der Waals surface area contributed by atoms with E-state index >= 15 is 0 Å². The number of carboxylic acid groups (broad SMARTS) is 1. The van der Waals surface area contributed by atoms with E-state index in [2.05, 4.69) is 18.2 Å². The second kappa shape index (κ2) is 9.74. The van der Waals surface area contributed by atoms with Gasteiger partial charge in [-0.15, -0.1) is 22.7 Å². The van der Waals surface area contributed by atoms with Crippen LogP contribution in [0.2, 0.25) is 0 Å². The normalized spacial score (nSPS) is 11.3. The van der Waals surface area contributed by atoms with Gasteiger partial charge in [0.2, 0.25) is 0 Å². The van der Waals surface area contributed by atoms with Crippen LogP contribution in [0.4, 0.5) is 0 Å². The van der Waals surface area contributed by atoms with Gasteiger partial charge in [0.1, 0.15) is 11.5 Å². The standard InChI is InChI=1S/C28H20O5S2/c1-32-24-15-23(33-16-27(30)31)18(13-21(24)26-14-19-5-2-3-8-25(19)35-26)9-10-22(29)20-7-4-6-17-11-12-34-28(17)20/h2-15H,16H2,1H3,(H,30,31)/b10-9+. The van der Waals surface area contributed by atoms with Gasteiger partial charge in [0.05, 0.1) is 7.11 Å². The SMILES string of the molecule is COc1cc(OCC(=O)O)c(/C=C/C(=O)c2cccc3ccsc23)cc1-c1cc2ccccc2s1. The summed E-state index contributed by atoms with van der Waals surface area (Å²) in [4.78, 5) is 25.2. The topological polar surface area (TPSA) is 72.8 Å². The highest BCUT2D eigenvalue weighted by Gasteiger charge is 2.16. The molecule has 0 atom stereocenters. The third kappa shape index (κ3) is 4.69. The van der Waals surface area contributed by atoms with E-state index in [0.29, 0.717) is 22.6 Å². The Hall–Kier alpha value is -3.94. The fraction of sp³-hybridized carbons (Fsp3) is 0.0714. The Balaban J connectivity index is 1.58. The highest BCUT2D eigenvalue weighted by atomic mass is 32.1. The molecule has 3 aromatic carbocycles. The average molecular weight is 501 g/mol. The summed E-state index contributed by atoms with van der Waals surface area (Å²) in [7, 11) is 1.56. The molecule has 2 heterocycles. The molecule has 5 rings (SSSR count). The van der Waals surface area contributed by atoms with Crippen molar-refractivity contribution in [2.45, 2.75) is 0 Å². The predicted octanol–water partition coefficient (Wildman–Crippen LogP) is 7.15. The van der Waals surface area contributed by atoms with Crippen LogP contribution in [0.3, 0.4) is 0 Å². The number of fused-ring (bicyclic) bond motifs is 2. The van der Waals surface area contributed by atoms with Gasteiger partial charge in [-0.1, -0.05) is 30.3 Å². The summed E-state index contributed by atoms with van der Waals surface area (Å²) in [5.74, 6) is -0.342. The number of hydrogen-bond acceptors (Lipinski definition) is 6. The Labute approximate surface area is 209 Å². The summed E-state index contributed by atoms with van der Waals surface area (Å²) in [5, 5.41) is 13.2. The zero-order chi connectivity index (χ0) is 24.4. The molecule has 2 aromatic heterocycles. The van der Waals surface area contributed by atoms with Crippen molar-refractivity contribution in [1.29, 1.82) is 0 Å². The van der Waals surface area contributed by atoms with E-state index in [1.165, 1.54) is 17.4 Å². The Kier molecular flexibility index (Phi) is 6.35. The number of aliphatic carboxylic acids is 1. The van der Waals surface area contributed by atoms with Crippen molar-refractivity contribution < 1.29 is 24.2 Å². The first-order chi connectivity index (χ1) is 17.0. The lowest BCUT2D eigenvalue weighted by Gasteiger charge is -2.13. The summed E-state index contributed by atoms with van der Waals surface area (Å²) < 4.78 is 13.3. The number of ether oxygens (including phenoxy) is 2. The van der Waals surface area contributed by atoms with E-state index in [4.69, 9.17) is 14.6 Å². The number of carbonyl (C=O) groups is 2. The zero-order valence-corrected chi connectivity index (χ0v) is 20.3. The quantitative estimate of drug-likeness (QED) is 0.181. The van der Waals surface area contributed by atoms with E-state index < -0.39 is 12.6 Å². The fourth-order valence-corrected chi connectivity index (χ4v) is 5.89. The lowest BCUT2D eigenvalue weighted by molar-refractivity contribution is -0.139. The van der Waals surface area contributed by atoms with Gasteiger partial charge in [0.15, 0.2) is 12.4 Å². The van der Waals surface area contributed by atoms with Crippen molar-refractivity contribution in [2.75, 3.05) is 13.7 Å². The highest BCUT2D eigenvalue weighted by molar-refractivity contribution is 7.22. The van der Waals surface area contributed by atoms with Crippen LogP contribution in [0, 0.1) is 0 Å². The predicted molar refractivity (Wildman–Crippen MR) is 142 cm³/mol. The van der Waals surface area contributed by atoms with Crippen LogP contribution in [-0.4, -0.2) is 30.6 Å². The van der Waals surface area contributed by atoms with Crippen LogP contribution >= 0.6 is 22.7 Å². The third-order valence-electron chi connectivity index (χ3n) is 5.53. The Morgan fingerprint density at radius 3 is 2.60 bits per heavy atom. The third-order valence-corrected chi connectivity index (χ3v) is 7.65. The summed E-state index contributed by atoms with van der Waals surface area (Å²) in [6.07, 6.45) is 3.17. The van der Waals surface area contributed by atoms with Crippen LogP contribution in [-0.2, 0) is 4.79 Å². The molecule has 0 aliphatic carbocycles. The van der Waals surface area contributed by atoms with Gasteiger partial charge in [-0.3, -0.25) is 4.79 Å². The van der Waals surface area contributed by atoms with Crippen molar-refractivity contribution in [2.24, 2.45) is 0 Å². The maximum Gasteiger partial charge on any atom is 0.341 e. The van der Waals surface area contributed by atoms with Crippen LogP contribution in [0.1, 0.15) is 15.9 Å². The molecule has 5 aromatic rings. The number of carboxylic acids is 1. The van der Waals surface area contributed by atoms with Crippen LogP contribution in [0.25, 0.3) is 36.7 Å². The molecule has 0 fully saturated rings. The first kappa shape index (κ1) is 22.8. The molecule has 0 saturated heterocycles. The van der Waals surface area contributed by atoms with Gasteiger partial charge in [-0.2, -0.15) is 0 Å². The van der Waals surface area contributed by atoms with E-state index in [0.717, 1.165) is 30.6 Å². The number of hydrogen-bond donors (Lipinski definition) is 1. The van der Waals surface area contributed by atoms with Gasteiger partial charge in [-0.05, 0) is 58.6 Å². The monoisotopic (exact) mass is 500 g/mol. The Morgan fingerprint density at radius 1 is 0.971 bits per heavy atom. The van der Waals surface area contributed by atoms with Crippen molar-refractivity contribution in [3.8, 4) is 21.9 Å². The lowest BCUT2D eigenvalue weighted by Crippen LogP contribution is -2.10. The number of methoxy groups -OCH3 is 1. The fourth-order valence-electron chi connectivity index (χ4n) is 3.89. The molecular formula is C28H20O5S2. The number of rotatable bonds is 8. The minimum atomic E-state index is -1.09. The van der Waals surface area contributed by atoms with Crippen molar-refractivity contribution in [3.63, 3.8) is 0 Å². The molecule has 7 heteroatoms. The van der Waals surface area contributed by atoms with E-state index in [9.17, 15) is 9.59 Å². The minimum Gasteiger partial charge on any atom is -0.496 e. The molecular weight excluding hydrogens is 480 g/mol. The molecule has 0 aliphatic heterocycles. The molecule has 1 N–H and O–H groups in total. The maximum atomic E-state index is 13.1. The van der Waals surface area contributed by atoms with Gasteiger partial charge in [0.25, 0.3) is 0 Å². The number of ketones is 1. The zero-order valence-electron chi connectivity index (χ0n) is 18.7. The minimum absolute atomic E-state index is 0.138. The second-order valence-electron chi connectivity index (χ2n) is 7.76. The number of allylic oxidation sites excluding steroid dienone is 1. The summed E-state index contributed by atoms with van der Waals surface area (Å²) in [6, 6.07) is 21.4. The van der Waals surface area contributed by atoms with Crippen molar-refractivity contribution >= 4 is 60.7 Å². The van der Waals surface area contributed by atoms with Gasteiger partial charge >= 0.3 is 5.97 Å². The largest absolute Gasteiger partial charge is 0.496 e. The molecule has 0 aliphatic rings. The van der Waals surface area contributed by atoms with Crippen molar-refractivity contribution in [3.05, 3.63) is 89.3 Å². The van der Waals surface area contributed by atoms with Gasteiger partial charge in [-0.25, -0.2) is 4.79 Å². The highest BCUT2D eigenvalue weighted by Crippen LogP contribution is 2.42. The Morgan fingerprint density at radius 2 is 1.80 bits per heavy atom. The molecule has 174 valence electrons. The number of benzene rings is 3. The lowest BCUT2D eigenvalue weighted by atomic mass is 10.0. The van der Waals surface area contributed by atoms with E-state index in [1.807, 2.05) is 47.8 Å². The molecule has 0 bridgehead atoms. The number of carbonyl (C=O) groups excluding carboxylic acids is 1. The molecule has 0 radical (unpaired) electrons. The molecule has 5 nitrogen and oxygen atoms in total. The average Bonchev–Trinajstić information content (AvgIpc) is 3.52. The second-order valence-corrected chi connectivity index (χ2v) is 9.76.